The first-order chi connectivity index (χ1) is 12.9. The van der Waals surface area contributed by atoms with Crippen LogP contribution < -0.4 is 0 Å². The standard InChI is InChI=1S/C21H23NO4S/c1-4-26-21(23)19-14-20(17-8-6-5-7-9-17)22(16(19)3)27(24,25)18-12-10-15(2)11-13-18/h5-14,16,20H,4H2,1-3H3/t16-,20-/m0/s1. The Morgan fingerprint density at radius 2 is 1.70 bits per heavy atom. The van der Waals surface area contributed by atoms with Gasteiger partial charge in [0.1, 0.15) is 0 Å². The van der Waals surface area contributed by atoms with E-state index < -0.39 is 28.1 Å². The molecule has 142 valence electrons. The van der Waals surface area contributed by atoms with Gasteiger partial charge >= 0.3 is 5.97 Å². The fourth-order valence-electron chi connectivity index (χ4n) is 3.30. The summed E-state index contributed by atoms with van der Waals surface area (Å²) in [5.74, 6) is -0.479. The van der Waals surface area contributed by atoms with E-state index in [-0.39, 0.29) is 11.5 Å². The molecule has 1 heterocycles. The van der Waals surface area contributed by atoms with Crippen molar-refractivity contribution in [3.8, 4) is 0 Å². The number of rotatable bonds is 5. The predicted octanol–water partition coefficient (Wildman–Crippen LogP) is 3.62. The van der Waals surface area contributed by atoms with Crippen molar-refractivity contribution in [1.82, 2.24) is 4.31 Å². The van der Waals surface area contributed by atoms with Crippen molar-refractivity contribution in [1.29, 1.82) is 0 Å². The SMILES string of the molecule is CCOC(=O)C1=C[C@@H](c2ccccc2)N(S(=O)(=O)c2ccc(C)cc2)[C@H]1C. The van der Waals surface area contributed by atoms with Crippen LogP contribution in [0.25, 0.3) is 0 Å². The van der Waals surface area contributed by atoms with Crippen LogP contribution in [-0.2, 0) is 19.6 Å². The number of benzene rings is 2. The number of sulfonamides is 1. The normalized spacial score (nSPS) is 20.3. The average Bonchev–Trinajstić information content (AvgIpc) is 3.01. The molecule has 0 aliphatic carbocycles. The highest BCUT2D eigenvalue weighted by Gasteiger charge is 2.43. The quantitative estimate of drug-likeness (QED) is 0.738. The summed E-state index contributed by atoms with van der Waals surface area (Å²) in [6, 6.07) is 14.8. The number of esters is 1. The van der Waals surface area contributed by atoms with E-state index in [0.29, 0.717) is 5.57 Å². The molecule has 0 spiro atoms. The lowest BCUT2D eigenvalue weighted by Gasteiger charge is -2.28. The third-order valence-electron chi connectivity index (χ3n) is 4.69. The Balaban J connectivity index is 2.08. The van der Waals surface area contributed by atoms with Crippen molar-refractivity contribution in [3.63, 3.8) is 0 Å². The molecule has 0 saturated heterocycles. The molecule has 6 heteroatoms. The highest BCUT2D eigenvalue weighted by Crippen LogP contribution is 2.39. The smallest absolute Gasteiger partial charge is 0.335 e. The first kappa shape index (κ1) is 19.3. The van der Waals surface area contributed by atoms with E-state index in [1.54, 1.807) is 44.2 Å². The second-order valence-corrected chi connectivity index (χ2v) is 8.37. The summed E-state index contributed by atoms with van der Waals surface area (Å²) in [6.07, 6.45) is 1.70. The minimum absolute atomic E-state index is 0.208. The van der Waals surface area contributed by atoms with Crippen LogP contribution in [-0.4, -0.2) is 31.3 Å². The predicted molar refractivity (Wildman–Crippen MR) is 104 cm³/mol. The van der Waals surface area contributed by atoms with E-state index >= 15 is 0 Å². The van der Waals surface area contributed by atoms with Crippen LogP contribution in [0.1, 0.15) is 31.0 Å². The lowest BCUT2D eigenvalue weighted by atomic mass is 10.1. The number of hydrogen-bond donors (Lipinski definition) is 0. The summed E-state index contributed by atoms with van der Waals surface area (Å²) < 4.78 is 33.3. The molecule has 0 amide bonds. The lowest BCUT2D eigenvalue weighted by molar-refractivity contribution is -0.138. The Labute approximate surface area is 160 Å². The van der Waals surface area contributed by atoms with Crippen LogP contribution in [0.2, 0.25) is 0 Å². The van der Waals surface area contributed by atoms with Crippen molar-refractivity contribution < 1.29 is 17.9 Å². The van der Waals surface area contributed by atoms with Gasteiger partial charge < -0.3 is 4.74 Å². The van der Waals surface area contributed by atoms with Gasteiger partial charge in [-0.15, -0.1) is 0 Å². The topological polar surface area (TPSA) is 63.7 Å². The minimum Gasteiger partial charge on any atom is -0.463 e. The minimum atomic E-state index is -3.81. The van der Waals surface area contributed by atoms with Gasteiger partial charge in [0.25, 0.3) is 0 Å². The van der Waals surface area contributed by atoms with Crippen LogP contribution in [0.3, 0.4) is 0 Å². The molecule has 0 aromatic heterocycles. The highest BCUT2D eigenvalue weighted by molar-refractivity contribution is 7.89. The maximum Gasteiger partial charge on any atom is 0.335 e. The molecule has 0 unspecified atom stereocenters. The Bertz CT molecular complexity index is 949. The number of carbonyl (C=O) groups excluding carboxylic acids is 1. The molecular weight excluding hydrogens is 362 g/mol. The van der Waals surface area contributed by atoms with E-state index in [1.165, 1.54) is 4.31 Å². The molecule has 0 N–H and O–H groups in total. The molecule has 2 aromatic carbocycles. The van der Waals surface area contributed by atoms with Crippen LogP contribution in [0.5, 0.6) is 0 Å². The molecule has 0 radical (unpaired) electrons. The largest absolute Gasteiger partial charge is 0.463 e. The van der Waals surface area contributed by atoms with Crippen LogP contribution >= 0.6 is 0 Å². The number of hydrogen-bond acceptors (Lipinski definition) is 4. The molecular formula is C21H23NO4S. The van der Waals surface area contributed by atoms with Crippen molar-refractivity contribution in [3.05, 3.63) is 77.4 Å². The molecule has 1 aliphatic heterocycles. The summed E-state index contributed by atoms with van der Waals surface area (Å²) in [5, 5.41) is 0. The third kappa shape index (κ3) is 3.68. The first-order valence-corrected chi connectivity index (χ1v) is 10.3. The van der Waals surface area contributed by atoms with Gasteiger partial charge in [0, 0.05) is 0 Å². The summed E-state index contributed by atoms with van der Waals surface area (Å²) in [7, 11) is -3.81. The molecule has 3 rings (SSSR count). The summed E-state index contributed by atoms with van der Waals surface area (Å²) in [5.41, 5.74) is 2.15. The van der Waals surface area contributed by atoms with E-state index in [1.807, 2.05) is 37.3 Å². The molecule has 0 saturated carbocycles. The van der Waals surface area contributed by atoms with Gasteiger partial charge in [-0.2, -0.15) is 4.31 Å². The van der Waals surface area contributed by atoms with E-state index in [4.69, 9.17) is 4.74 Å². The van der Waals surface area contributed by atoms with E-state index in [2.05, 4.69) is 0 Å². The monoisotopic (exact) mass is 385 g/mol. The van der Waals surface area contributed by atoms with Gasteiger partial charge in [-0.1, -0.05) is 48.0 Å². The second kappa shape index (κ2) is 7.66. The number of carbonyl (C=O) groups is 1. The van der Waals surface area contributed by atoms with Crippen molar-refractivity contribution in [2.24, 2.45) is 0 Å². The average molecular weight is 385 g/mol. The van der Waals surface area contributed by atoms with Crippen molar-refractivity contribution in [2.45, 2.75) is 37.8 Å². The zero-order valence-electron chi connectivity index (χ0n) is 15.6. The summed E-state index contributed by atoms with van der Waals surface area (Å²) >= 11 is 0. The molecule has 27 heavy (non-hydrogen) atoms. The zero-order valence-corrected chi connectivity index (χ0v) is 16.4. The Morgan fingerprint density at radius 1 is 1.07 bits per heavy atom. The number of nitrogens with zero attached hydrogens (tertiary/aromatic N) is 1. The van der Waals surface area contributed by atoms with Gasteiger partial charge in [-0.05, 0) is 44.5 Å². The van der Waals surface area contributed by atoms with E-state index in [9.17, 15) is 13.2 Å². The van der Waals surface area contributed by atoms with Crippen molar-refractivity contribution >= 4 is 16.0 Å². The number of ether oxygens (including phenoxy) is 1. The summed E-state index contributed by atoms with van der Waals surface area (Å²) in [6.45, 7) is 5.59. The van der Waals surface area contributed by atoms with Gasteiger partial charge in [0.2, 0.25) is 10.0 Å². The van der Waals surface area contributed by atoms with Gasteiger partial charge in [0.05, 0.1) is 29.2 Å². The summed E-state index contributed by atoms with van der Waals surface area (Å²) in [4.78, 5) is 12.6. The van der Waals surface area contributed by atoms with Crippen LogP contribution in [0.4, 0.5) is 0 Å². The lowest BCUT2D eigenvalue weighted by Crippen LogP contribution is -2.38. The zero-order chi connectivity index (χ0) is 19.6. The van der Waals surface area contributed by atoms with Gasteiger partial charge in [0.15, 0.2) is 0 Å². The van der Waals surface area contributed by atoms with Crippen LogP contribution in [0, 0.1) is 6.92 Å². The first-order valence-electron chi connectivity index (χ1n) is 8.90. The molecule has 1 aliphatic rings. The Hall–Kier alpha value is -2.44. The second-order valence-electron chi connectivity index (χ2n) is 6.52. The maximum atomic E-state index is 13.4. The fourth-order valence-corrected chi connectivity index (χ4v) is 5.03. The van der Waals surface area contributed by atoms with Gasteiger partial charge in [-0.3, -0.25) is 0 Å². The molecule has 2 atom stereocenters. The Morgan fingerprint density at radius 3 is 2.30 bits per heavy atom. The molecule has 0 bridgehead atoms. The maximum absolute atomic E-state index is 13.4. The Kier molecular flexibility index (Phi) is 5.48. The molecule has 0 fully saturated rings. The highest BCUT2D eigenvalue weighted by atomic mass is 32.2. The van der Waals surface area contributed by atoms with Gasteiger partial charge in [-0.25, -0.2) is 13.2 Å². The fraction of sp³-hybridized carbons (Fsp3) is 0.286. The number of aryl methyl sites for hydroxylation is 1. The van der Waals surface area contributed by atoms with E-state index in [0.717, 1.165) is 11.1 Å². The molecule has 5 nitrogen and oxygen atoms in total. The molecule has 2 aromatic rings. The van der Waals surface area contributed by atoms with Crippen molar-refractivity contribution in [2.75, 3.05) is 6.61 Å². The third-order valence-corrected chi connectivity index (χ3v) is 6.66. The van der Waals surface area contributed by atoms with Crippen LogP contribution in [0.15, 0.2) is 71.1 Å².